The van der Waals surface area contributed by atoms with Crippen LogP contribution in [0.25, 0.3) is 17.4 Å². The molecule has 2 aromatic rings. The molecule has 1 aliphatic carbocycles. The van der Waals surface area contributed by atoms with Crippen LogP contribution in [0, 0.1) is 5.92 Å². The molecule has 2 unspecified atom stereocenters. The van der Waals surface area contributed by atoms with Gasteiger partial charge in [-0.25, -0.2) is 4.98 Å². The maximum atomic E-state index is 11.6. The van der Waals surface area contributed by atoms with E-state index in [9.17, 15) is 4.79 Å². The zero-order valence-corrected chi connectivity index (χ0v) is 14.4. The molecular weight excluding hydrogens is 408 g/mol. The van der Waals surface area contributed by atoms with Crippen molar-refractivity contribution in [2.45, 2.75) is 6.42 Å². The third-order valence-electron chi connectivity index (χ3n) is 2.94. The van der Waals surface area contributed by atoms with Crippen LogP contribution in [0.2, 0.25) is 0 Å². The number of H-pyrrole nitrogens is 1. The van der Waals surface area contributed by atoms with Gasteiger partial charge in [-0.2, -0.15) is 4.98 Å². The first-order valence-electron chi connectivity index (χ1n) is 6.04. The van der Waals surface area contributed by atoms with Crippen LogP contribution < -0.4 is 11.3 Å². The molecule has 10 heteroatoms. The number of anilines is 1. The zero-order valence-electron chi connectivity index (χ0n) is 11.2. The molecule has 21 heavy (non-hydrogen) atoms. The SMILES string of the molecule is CO.Nc1nc2c(ncn2/C=C2/CC2COPI)c(=O)[nH]1. The molecule has 114 valence electrons. The second-order valence-electron chi connectivity index (χ2n) is 4.27. The summed E-state index contributed by atoms with van der Waals surface area (Å²) in [4.78, 5) is 22.2. The highest BCUT2D eigenvalue weighted by Crippen LogP contribution is 2.40. The number of rotatable bonds is 4. The minimum atomic E-state index is -0.318. The number of aliphatic hydroxyl groups excluding tert-OH is 1. The summed E-state index contributed by atoms with van der Waals surface area (Å²) in [5.41, 5.74) is 7.28. The van der Waals surface area contributed by atoms with Crippen molar-refractivity contribution >= 4 is 51.8 Å². The number of nitrogens with two attached hydrogens (primary N) is 1. The van der Waals surface area contributed by atoms with Crippen molar-refractivity contribution in [3.63, 3.8) is 0 Å². The van der Waals surface area contributed by atoms with Crippen molar-refractivity contribution in [1.82, 2.24) is 19.5 Å². The molecule has 0 aliphatic heterocycles. The molecule has 0 spiro atoms. The number of imidazole rings is 1. The summed E-state index contributed by atoms with van der Waals surface area (Å²) in [5, 5.41) is 7.00. The lowest BCUT2D eigenvalue weighted by atomic mass is 10.4. The largest absolute Gasteiger partial charge is 0.400 e. The summed E-state index contributed by atoms with van der Waals surface area (Å²) in [6.45, 7) is 1.23. The number of nitrogens with zero attached hydrogens (tertiary/aromatic N) is 3. The zero-order chi connectivity index (χ0) is 15.4. The summed E-state index contributed by atoms with van der Waals surface area (Å²) in [6.07, 6.45) is 4.54. The van der Waals surface area contributed by atoms with Crippen LogP contribution in [0.15, 0.2) is 16.7 Å². The number of aromatic nitrogens is 4. The van der Waals surface area contributed by atoms with E-state index in [0.29, 0.717) is 23.5 Å². The fourth-order valence-electron chi connectivity index (χ4n) is 1.90. The fraction of sp³-hybridized carbons (Fsp3) is 0.364. The standard InChI is InChI=1S/C10H11IN5O2P.CH4O/c11-19-18-3-6-1-5(6)2-16-4-13-7-8(16)14-10(12)15-9(7)17;1-2/h2,4,6,19H,1,3H2,(H3,12,14,15,17);2H,1H3/b5-2-;. The number of nitrogen functional groups attached to an aromatic ring is 1. The van der Waals surface area contributed by atoms with E-state index in [1.165, 1.54) is 5.57 Å². The van der Waals surface area contributed by atoms with Crippen molar-refractivity contribution in [2.24, 2.45) is 5.92 Å². The van der Waals surface area contributed by atoms with Gasteiger partial charge in [0.15, 0.2) is 11.2 Å². The van der Waals surface area contributed by atoms with E-state index in [1.807, 2.05) is 6.20 Å². The van der Waals surface area contributed by atoms with Crippen LogP contribution in [0.5, 0.6) is 0 Å². The molecular formula is C11H15IN5O3P. The smallest absolute Gasteiger partial charge is 0.280 e. The molecule has 0 amide bonds. The number of fused-ring (bicyclic) bond motifs is 1. The number of hydrogen-bond acceptors (Lipinski definition) is 6. The van der Waals surface area contributed by atoms with Crippen LogP contribution in [-0.2, 0) is 4.52 Å². The number of nitrogens with one attached hydrogen (secondary N) is 1. The van der Waals surface area contributed by atoms with Gasteiger partial charge in [-0.15, -0.1) is 0 Å². The van der Waals surface area contributed by atoms with E-state index in [4.69, 9.17) is 15.4 Å². The minimum absolute atomic E-state index is 0.0967. The normalized spacial score (nSPS) is 19.2. The number of hydrogen-bond donors (Lipinski definition) is 3. The van der Waals surface area contributed by atoms with Gasteiger partial charge in [-0.1, -0.05) is 0 Å². The summed E-state index contributed by atoms with van der Waals surface area (Å²) in [5.74, 6) is 0.568. The van der Waals surface area contributed by atoms with Crippen LogP contribution in [-0.4, -0.2) is 38.3 Å². The third kappa shape index (κ3) is 3.79. The van der Waals surface area contributed by atoms with Gasteiger partial charge in [0.2, 0.25) is 5.95 Å². The lowest BCUT2D eigenvalue weighted by Crippen LogP contribution is -2.11. The average molecular weight is 423 g/mol. The molecule has 2 aromatic heterocycles. The van der Waals surface area contributed by atoms with Gasteiger partial charge in [-0.3, -0.25) is 14.3 Å². The summed E-state index contributed by atoms with van der Waals surface area (Å²) in [6, 6.07) is 0. The Labute approximate surface area is 135 Å². The Morgan fingerprint density at radius 1 is 1.71 bits per heavy atom. The third-order valence-corrected chi connectivity index (χ3v) is 4.15. The monoisotopic (exact) mass is 423 g/mol. The Kier molecular flexibility index (Phi) is 5.68. The highest BCUT2D eigenvalue weighted by Gasteiger charge is 2.30. The second-order valence-corrected chi connectivity index (χ2v) is 6.03. The summed E-state index contributed by atoms with van der Waals surface area (Å²) >= 11 is 2.21. The van der Waals surface area contributed by atoms with Crippen molar-refractivity contribution < 1.29 is 9.63 Å². The number of aromatic amines is 1. The topological polar surface area (TPSA) is 119 Å². The van der Waals surface area contributed by atoms with Gasteiger partial charge in [0.1, 0.15) is 6.33 Å². The van der Waals surface area contributed by atoms with Crippen molar-refractivity contribution in [3.05, 3.63) is 22.3 Å². The van der Waals surface area contributed by atoms with E-state index in [0.717, 1.165) is 20.1 Å². The van der Waals surface area contributed by atoms with Gasteiger partial charge in [-0.05, 0) is 34.0 Å². The average Bonchev–Trinajstić information content (AvgIpc) is 3.09. The van der Waals surface area contributed by atoms with Gasteiger partial charge >= 0.3 is 0 Å². The Balaban J connectivity index is 0.000000774. The molecule has 4 N–H and O–H groups in total. The van der Waals surface area contributed by atoms with Crippen LogP contribution in [0.3, 0.4) is 0 Å². The highest BCUT2D eigenvalue weighted by atomic mass is 127. The maximum Gasteiger partial charge on any atom is 0.280 e. The van der Waals surface area contributed by atoms with Crippen LogP contribution in [0.1, 0.15) is 6.42 Å². The van der Waals surface area contributed by atoms with Crippen molar-refractivity contribution in [1.29, 1.82) is 0 Å². The van der Waals surface area contributed by atoms with Gasteiger partial charge in [0, 0.05) is 19.2 Å². The molecule has 0 saturated heterocycles. The maximum absolute atomic E-state index is 11.6. The predicted octanol–water partition coefficient (Wildman–Crippen LogP) is 1.13. The van der Waals surface area contributed by atoms with E-state index in [-0.39, 0.29) is 11.5 Å². The molecule has 0 aromatic carbocycles. The quantitative estimate of drug-likeness (QED) is 0.501. The van der Waals surface area contributed by atoms with E-state index in [2.05, 4.69) is 37.0 Å². The molecule has 1 saturated carbocycles. The molecule has 3 rings (SSSR count). The first-order chi connectivity index (χ1) is 10.2. The van der Waals surface area contributed by atoms with Crippen molar-refractivity contribution in [2.75, 3.05) is 19.5 Å². The Morgan fingerprint density at radius 2 is 2.48 bits per heavy atom. The minimum Gasteiger partial charge on any atom is -0.400 e. The number of halogens is 1. The summed E-state index contributed by atoms with van der Waals surface area (Å²) < 4.78 is 7.13. The van der Waals surface area contributed by atoms with Gasteiger partial charge in [0.25, 0.3) is 5.56 Å². The molecule has 0 bridgehead atoms. The van der Waals surface area contributed by atoms with Crippen LogP contribution in [0.4, 0.5) is 5.95 Å². The Morgan fingerprint density at radius 3 is 3.19 bits per heavy atom. The van der Waals surface area contributed by atoms with E-state index >= 15 is 0 Å². The fourth-order valence-corrected chi connectivity index (χ4v) is 2.70. The molecule has 0 radical (unpaired) electrons. The lowest BCUT2D eigenvalue weighted by molar-refractivity contribution is 0.354. The molecule has 1 fully saturated rings. The first kappa shape index (κ1) is 16.3. The van der Waals surface area contributed by atoms with Gasteiger partial charge in [0.05, 0.1) is 13.1 Å². The highest BCUT2D eigenvalue weighted by molar-refractivity contribution is 14.2. The predicted molar refractivity (Wildman–Crippen MR) is 91.4 cm³/mol. The first-order valence-corrected chi connectivity index (χ1v) is 10.1. The molecule has 2 atom stereocenters. The summed E-state index contributed by atoms with van der Waals surface area (Å²) in [7, 11) is 1.00. The number of aliphatic hydroxyl groups is 1. The molecule has 8 nitrogen and oxygen atoms in total. The Bertz CT molecular complexity index is 713. The van der Waals surface area contributed by atoms with Crippen molar-refractivity contribution in [3.8, 4) is 0 Å². The molecule has 2 heterocycles. The van der Waals surface area contributed by atoms with E-state index in [1.54, 1.807) is 10.9 Å². The van der Waals surface area contributed by atoms with E-state index < -0.39 is 0 Å². The Hall–Kier alpha value is -1.03. The lowest BCUT2D eigenvalue weighted by Gasteiger charge is -1.97. The second kappa shape index (κ2) is 7.30. The van der Waals surface area contributed by atoms with Gasteiger partial charge < -0.3 is 15.4 Å². The van der Waals surface area contributed by atoms with Crippen LogP contribution >= 0.6 is 28.5 Å². The molecule has 1 aliphatic rings.